The van der Waals surface area contributed by atoms with Gasteiger partial charge in [-0.2, -0.15) is 5.10 Å². The van der Waals surface area contributed by atoms with E-state index in [0.717, 1.165) is 16.7 Å². The maximum atomic E-state index is 10.7. The molecule has 1 heterocycles. The molecule has 0 aliphatic carbocycles. The van der Waals surface area contributed by atoms with E-state index in [2.05, 4.69) is 10.2 Å². The lowest BCUT2D eigenvalue weighted by atomic mass is 10.0. The molecule has 0 spiro atoms. The number of H-pyrrole nitrogens is 1. The monoisotopic (exact) mass is 416 g/mol. The second-order valence-electron chi connectivity index (χ2n) is 7.12. The number of aryl methyl sites for hydroxylation is 1. The lowest BCUT2D eigenvalue weighted by Crippen LogP contribution is -1.97. The molecule has 0 aliphatic rings. The van der Waals surface area contributed by atoms with Crippen LogP contribution < -0.4 is 14.2 Å². The van der Waals surface area contributed by atoms with Gasteiger partial charge in [-0.05, 0) is 47.9 Å². The van der Waals surface area contributed by atoms with E-state index in [4.69, 9.17) is 14.2 Å². The summed E-state index contributed by atoms with van der Waals surface area (Å²) in [7, 11) is 3.20. The fraction of sp³-hybridized carbons (Fsp3) is 0.160. The zero-order chi connectivity index (χ0) is 21.8. The van der Waals surface area contributed by atoms with E-state index in [-0.39, 0.29) is 5.75 Å². The molecule has 1 aromatic heterocycles. The van der Waals surface area contributed by atoms with Crippen molar-refractivity contribution >= 4 is 0 Å². The van der Waals surface area contributed by atoms with Crippen LogP contribution in [0.25, 0.3) is 22.4 Å². The van der Waals surface area contributed by atoms with E-state index in [1.54, 1.807) is 26.5 Å². The minimum absolute atomic E-state index is 0.105. The van der Waals surface area contributed by atoms with Gasteiger partial charge in [0, 0.05) is 17.2 Å². The molecule has 2 N–H and O–H groups in total. The second kappa shape index (κ2) is 8.83. The Bertz CT molecular complexity index is 1200. The van der Waals surface area contributed by atoms with Crippen LogP contribution in [0.3, 0.4) is 0 Å². The van der Waals surface area contributed by atoms with E-state index in [0.29, 0.717) is 35.1 Å². The molecule has 158 valence electrons. The van der Waals surface area contributed by atoms with Gasteiger partial charge in [0.15, 0.2) is 11.5 Å². The summed E-state index contributed by atoms with van der Waals surface area (Å²) in [6, 6.07) is 19.0. The molecule has 0 radical (unpaired) electrons. The van der Waals surface area contributed by atoms with Gasteiger partial charge in [-0.1, -0.05) is 30.3 Å². The summed E-state index contributed by atoms with van der Waals surface area (Å²) in [4.78, 5) is 0. The number of rotatable bonds is 7. The molecule has 0 amide bonds. The zero-order valence-electron chi connectivity index (χ0n) is 17.7. The summed E-state index contributed by atoms with van der Waals surface area (Å²) in [5.41, 5.74) is 5.34. The molecule has 6 heteroatoms. The first-order valence-corrected chi connectivity index (χ1v) is 9.87. The molecule has 0 aliphatic heterocycles. The van der Waals surface area contributed by atoms with Crippen LogP contribution in [0.4, 0.5) is 0 Å². The van der Waals surface area contributed by atoms with Crippen molar-refractivity contribution in [3.05, 3.63) is 78.0 Å². The molecule has 3 aromatic carbocycles. The first kappa shape index (κ1) is 20.3. The van der Waals surface area contributed by atoms with E-state index >= 15 is 0 Å². The standard InChI is InChI=1S/C25H24N2O4/c1-16-6-4-5-7-18(16)15-31-19-9-10-20(22(28)13-19)25-21(14-26-27-25)17-8-11-23(29-2)24(12-17)30-3/h4-14,28H,15H2,1-3H3,(H,26,27). The number of nitrogens with one attached hydrogen (secondary N) is 1. The van der Waals surface area contributed by atoms with Gasteiger partial charge in [-0.15, -0.1) is 0 Å². The average molecular weight is 416 g/mol. The number of hydrogen-bond donors (Lipinski definition) is 2. The van der Waals surface area contributed by atoms with Crippen LogP contribution in [0.5, 0.6) is 23.0 Å². The number of phenolic OH excluding ortho intramolecular Hbond substituents is 1. The van der Waals surface area contributed by atoms with Gasteiger partial charge in [0.05, 0.1) is 26.1 Å². The summed E-state index contributed by atoms with van der Waals surface area (Å²) in [5.74, 6) is 1.97. The van der Waals surface area contributed by atoms with Crippen LogP contribution in [0.2, 0.25) is 0 Å². The summed E-state index contributed by atoms with van der Waals surface area (Å²) >= 11 is 0. The lowest BCUT2D eigenvalue weighted by Gasteiger charge is -2.12. The van der Waals surface area contributed by atoms with Crippen LogP contribution in [0, 0.1) is 6.92 Å². The molecule has 31 heavy (non-hydrogen) atoms. The van der Waals surface area contributed by atoms with Crippen molar-refractivity contribution in [3.8, 4) is 45.4 Å². The predicted octanol–water partition coefficient (Wildman–Crippen LogP) is 5.35. The number of aromatic amines is 1. The van der Waals surface area contributed by atoms with Gasteiger partial charge < -0.3 is 19.3 Å². The zero-order valence-corrected chi connectivity index (χ0v) is 17.7. The fourth-order valence-electron chi connectivity index (χ4n) is 3.46. The largest absolute Gasteiger partial charge is 0.507 e. The van der Waals surface area contributed by atoms with Gasteiger partial charge in [0.2, 0.25) is 0 Å². The Morgan fingerprint density at radius 3 is 2.45 bits per heavy atom. The number of aromatic nitrogens is 2. The summed E-state index contributed by atoms with van der Waals surface area (Å²) in [5, 5.41) is 17.9. The number of ether oxygens (including phenoxy) is 3. The van der Waals surface area contributed by atoms with Gasteiger partial charge >= 0.3 is 0 Å². The van der Waals surface area contributed by atoms with Gasteiger partial charge in [0.1, 0.15) is 18.1 Å². The normalized spacial score (nSPS) is 10.7. The Labute approximate surface area is 181 Å². The van der Waals surface area contributed by atoms with E-state index in [1.807, 2.05) is 61.5 Å². The lowest BCUT2D eigenvalue weighted by molar-refractivity contribution is 0.303. The molecular weight excluding hydrogens is 392 g/mol. The average Bonchev–Trinajstić information content (AvgIpc) is 3.27. The van der Waals surface area contributed by atoms with Crippen molar-refractivity contribution in [2.75, 3.05) is 14.2 Å². The SMILES string of the molecule is COc1ccc(-c2cn[nH]c2-c2ccc(OCc3ccccc3C)cc2O)cc1OC. The fourth-order valence-corrected chi connectivity index (χ4v) is 3.46. The van der Waals surface area contributed by atoms with Crippen molar-refractivity contribution in [1.29, 1.82) is 0 Å². The third-order valence-corrected chi connectivity index (χ3v) is 5.23. The number of benzene rings is 3. The molecule has 0 atom stereocenters. The smallest absolute Gasteiger partial charge is 0.161 e. The number of methoxy groups -OCH3 is 2. The second-order valence-corrected chi connectivity index (χ2v) is 7.12. The molecular formula is C25H24N2O4. The summed E-state index contributed by atoms with van der Waals surface area (Å²) in [6.45, 7) is 2.49. The van der Waals surface area contributed by atoms with Crippen LogP contribution in [-0.4, -0.2) is 29.5 Å². The van der Waals surface area contributed by atoms with Crippen molar-refractivity contribution in [3.63, 3.8) is 0 Å². The first-order chi connectivity index (χ1) is 15.1. The summed E-state index contributed by atoms with van der Waals surface area (Å²) < 4.78 is 16.6. The molecule has 4 rings (SSSR count). The number of phenols is 1. The quantitative estimate of drug-likeness (QED) is 0.424. The maximum absolute atomic E-state index is 10.7. The van der Waals surface area contributed by atoms with E-state index in [1.165, 1.54) is 5.56 Å². The minimum Gasteiger partial charge on any atom is -0.507 e. The highest BCUT2D eigenvalue weighted by Crippen LogP contribution is 2.39. The van der Waals surface area contributed by atoms with Gasteiger partial charge in [0.25, 0.3) is 0 Å². The number of aromatic hydroxyl groups is 1. The molecule has 0 bridgehead atoms. The highest BCUT2D eigenvalue weighted by Gasteiger charge is 2.16. The molecule has 6 nitrogen and oxygen atoms in total. The Balaban J connectivity index is 1.60. The van der Waals surface area contributed by atoms with E-state index in [9.17, 15) is 5.11 Å². The van der Waals surface area contributed by atoms with Crippen LogP contribution in [0.15, 0.2) is 66.9 Å². The number of nitrogens with zero attached hydrogens (tertiary/aromatic N) is 1. The topological polar surface area (TPSA) is 76.6 Å². The number of hydrogen-bond acceptors (Lipinski definition) is 5. The van der Waals surface area contributed by atoms with Crippen LogP contribution >= 0.6 is 0 Å². The maximum Gasteiger partial charge on any atom is 0.161 e. The van der Waals surface area contributed by atoms with Crippen molar-refractivity contribution in [2.45, 2.75) is 13.5 Å². The van der Waals surface area contributed by atoms with Crippen molar-refractivity contribution in [2.24, 2.45) is 0 Å². The molecule has 0 fully saturated rings. The Morgan fingerprint density at radius 1 is 0.903 bits per heavy atom. The highest BCUT2D eigenvalue weighted by molar-refractivity contribution is 5.84. The van der Waals surface area contributed by atoms with Crippen LogP contribution in [-0.2, 0) is 6.61 Å². The Morgan fingerprint density at radius 2 is 1.71 bits per heavy atom. The van der Waals surface area contributed by atoms with Crippen molar-refractivity contribution < 1.29 is 19.3 Å². The molecule has 0 saturated heterocycles. The Hall–Kier alpha value is -3.93. The molecule has 0 saturated carbocycles. The van der Waals surface area contributed by atoms with Gasteiger partial charge in [-0.25, -0.2) is 0 Å². The Kier molecular flexibility index (Phi) is 5.80. The molecule has 0 unspecified atom stereocenters. The third kappa shape index (κ3) is 4.19. The predicted molar refractivity (Wildman–Crippen MR) is 120 cm³/mol. The van der Waals surface area contributed by atoms with Crippen molar-refractivity contribution in [1.82, 2.24) is 10.2 Å². The molecule has 4 aromatic rings. The van der Waals surface area contributed by atoms with Gasteiger partial charge in [-0.3, -0.25) is 5.10 Å². The van der Waals surface area contributed by atoms with Crippen LogP contribution in [0.1, 0.15) is 11.1 Å². The highest BCUT2D eigenvalue weighted by atomic mass is 16.5. The third-order valence-electron chi connectivity index (χ3n) is 5.23. The first-order valence-electron chi connectivity index (χ1n) is 9.87. The minimum atomic E-state index is 0.105. The summed E-state index contributed by atoms with van der Waals surface area (Å²) in [6.07, 6.45) is 1.72. The van der Waals surface area contributed by atoms with E-state index < -0.39 is 0 Å².